The van der Waals surface area contributed by atoms with Crippen LogP contribution < -0.4 is 0 Å². The van der Waals surface area contributed by atoms with Gasteiger partial charge in [-0.1, -0.05) is 132 Å². The summed E-state index contributed by atoms with van der Waals surface area (Å²) in [4.78, 5) is 66.1. The van der Waals surface area contributed by atoms with Crippen molar-refractivity contribution in [2.24, 2.45) is 0 Å². The summed E-state index contributed by atoms with van der Waals surface area (Å²) < 4.78 is 49.3. The van der Waals surface area contributed by atoms with E-state index in [0.29, 0.717) is 25.7 Å². The Hall–Kier alpha value is -2.89. The van der Waals surface area contributed by atoms with Gasteiger partial charge in [0.05, 0.1) is 6.61 Å². The number of rotatable bonds is 40. The third-order valence-corrected chi connectivity index (χ3v) is 12.2. The largest absolute Gasteiger partial charge is 0.472 e. The number of aliphatic hydroxyl groups excluding tert-OH is 4. The summed E-state index contributed by atoms with van der Waals surface area (Å²) in [6, 6.07) is 0. The zero-order valence-electron chi connectivity index (χ0n) is 40.3. The minimum absolute atomic E-state index is 0.0181. The van der Waals surface area contributed by atoms with Crippen LogP contribution in [0, 0.1) is 0 Å². The average Bonchev–Trinajstić information content (AvgIpc) is 3.29. The van der Waals surface area contributed by atoms with Gasteiger partial charge in [0.25, 0.3) is 0 Å². The van der Waals surface area contributed by atoms with Gasteiger partial charge in [-0.25, -0.2) is 9.13 Å². The molecule has 0 aromatic heterocycles. The topological polar surface area (TPSA) is 273 Å². The molecule has 7 N–H and O–H groups in total. The van der Waals surface area contributed by atoms with Crippen LogP contribution in [0.2, 0.25) is 0 Å². The molecule has 19 heteroatoms. The molecule has 0 heterocycles. The lowest BCUT2D eigenvalue weighted by molar-refractivity contribution is -0.216. The Balaban J connectivity index is 2.63. The second kappa shape index (κ2) is 38.8. The van der Waals surface area contributed by atoms with Crippen molar-refractivity contribution in [2.45, 2.75) is 204 Å². The van der Waals surface area contributed by atoms with Gasteiger partial charge in [0, 0.05) is 19.3 Å². The van der Waals surface area contributed by atoms with Crippen LogP contribution in [0.5, 0.6) is 0 Å². The number of ketones is 1. The Morgan fingerprint density at radius 3 is 1.57 bits per heavy atom. The SMILES string of the molecule is CCCCC/C=C\C/C=C\C/C=C\C/C=C\CCCCCC(=O)OC[C@H](COP(=O)(O)O[C@H]1C(O)C(O)C(O)[C@@H](OP(=O)(O)O)C1O)OC(=O)CCCCCCC/C=C\C=C\C(=O)CCCCC. The van der Waals surface area contributed by atoms with Crippen LogP contribution in [0.15, 0.2) is 72.9 Å². The molecular formula is C49H82O17P2. The fourth-order valence-electron chi connectivity index (χ4n) is 6.87. The normalized spacial score (nSPS) is 21.8. The first kappa shape index (κ1) is 63.1. The van der Waals surface area contributed by atoms with Crippen molar-refractivity contribution in [3.05, 3.63) is 72.9 Å². The predicted molar refractivity (Wildman–Crippen MR) is 260 cm³/mol. The fraction of sp³-hybridized carbons (Fsp3) is 0.694. The molecule has 68 heavy (non-hydrogen) atoms. The number of phosphoric acid groups is 2. The number of allylic oxidation sites excluding steroid dienone is 12. The summed E-state index contributed by atoms with van der Waals surface area (Å²) >= 11 is 0. The van der Waals surface area contributed by atoms with E-state index in [4.69, 9.17) is 18.5 Å². The lowest BCUT2D eigenvalue weighted by atomic mass is 9.85. The molecule has 0 aliphatic heterocycles. The minimum atomic E-state index is -5.38. The maximum Gasteiger partial charge on any atom is 0.472 e. The van der Waals surface area contributed by atoms with Crippen molar-refractivity contribution < 1.29 is 81.7 Å². The van der Waals surface area contributed by atoms with E-state index in [9.17, 15) is 58.6 Å². The van der Waals surface area contributed by atoms with E-state index in [1.807, 2.05) is 12.2 Å². The third-order valence-electron chi connectivity index (χ3n) is 10.7. The highest BCUT2D eigenvalue weighted by Gasteiger charge is 2.54. The standard InChI is InChI=1S/C49H82O17P2/c1-3-5-7-8-9-10-11-12-13-14-15-16-17-18-19-22-25-28-32-36-42(51)62-38-41(64-43(52)37-33-29-26-23-20-21-24-27-31-35-40(50)34-30-6-4-2)39-63-68(60,61)66-49-46(55)44(53)45(54)48(47(49)56)65-67(57,58)59/h9-10,12-13,15-16,18-19,24,27,31,35,41,44-49,53-56H,3-8,11,14,17,20-23,25-26,28-30,32-34,36-39H2,1-2H3,(H,60,61)(H2,57,58,59)/b10-9-,13-12-,16-15-,19-18-,27-24-,35-31+/t41-,44?,45?,46?,47?,48-,49+/m1/s1. The van der Waals surface area contributed by atoms with Gasteiger partial charge in [-0.2, -0.15) is 0 Å². The smallest absolute Gasteiger partial charge is 0.462 e. The first-order valence-electron chi connectivity index (χ1n) is 24.4. The van der Waals surface area contributed by atoms with Crippen molar-refractivity contribution in [2.75, 3.05) is 13.2 Å². The van der Waals surface area contributed by atoms with Crippen molar-refractivity contribution >= 4 is 33.4 Å². The molecule has 0 radical (unpaired) electrons. The molecule has 1 saturated carbocycles. The number of hydrogen-bond donors (Lipinski definition) is 7. The van der Waals surface area contributed by atoms with E-state index in [2.05, 4.69) is 67.0 Å². The molecule has 0 bridgehead atoms. The highest BCUT2D eigenvalue weighted by Crippen LogP contribution is 2.49. The lowest BCUT2D eigenvalue weighted by Gasteiger charge is -2.43. The van der Waals surface area contributed by atoms with Crippen molar-refractivity contribution in [3.63, 3.8) is 0 Å². The minimum Gasteiger partial charge on any atom is -0.462 e. The van der Waals surface area contributed by atoms with E-state index in [1.54, 1.807) is 12.2 Å². The van der Waals surface area contributed by atoms with E-state index < -0.39 is 83.5 Å². The van der Waals surface area contributed by atoms with Gasteiger partial charge < -0.3 is 44.6 Å². The van der Waals surface area contributed by atoms with Gasteiger partial charge in [0.15, 0.2) is 11.9 Å². The Bertz CT molecular complexity index is 1650. The monoisotopic (exact) mass is 1000 g/mol. The fourth-order valence-corrected chi connectivity index (χ4v) is 8.41. The van der Waals surface area contributed by atoms with Crippen LogP contribution in [0.4, 0.5) is 0 Å². The van der Waals surface area contributed by atoms with Crippen LogP contribution in [-0.2, 0) is 46.6 Å². The Morgan fingerprint density at radius 1 is 0.515 bits per heavy atom. The number of carbonyl (C=O) groups is 3. The second-order valence-corrected chi connectivity index (χ2v) is 19.5. The van der Waals surface area contributed by atoms with Gasteiger partial charge in [-0.3, -0.25) is 28.0 Å². The number of aliphatic hydroxyl groups is 4. The number of hydrogen-bond acceptors (Lipinski definition) is 14. The molecule has 0 saturated heterocycles. The molecule has 0 aromatic carbocycles. The number of esters is 2. The quantitative estimate of drug-likeness (QED) is 0.00754. The van der Waals surface area contributed by atoms with Gasteiger partial charge in [0.2, 0.25) is 0 Å². The van der Waals surface area contributed by atoms with Crippen molar-refractivity contribution in [1.29, 1.82) is 0 Å². The summed E-state index contributed by atoms with van der Waals surface area (Å²) in [5, 5.41) is 41.2. The molecule has 1 aliphatic carbocycles. The summed E-state index contributed by atoms with van der Waals surface area (Å²) in [7, 11) is -10.7. The summed E-state index contributed by atoms with van der Waals surface area (Å²) in [5.74, 6) is -1.19. The molecule has 1 aliphatic rings. The number of ether oxygens (including phenoxy) is 2. The van der Waals surface area contributed by atoms with Gasteiger partial charge >= 0.3 is 27.6 Å². The molecule has 0 aromatic rings. The zero-order valence-corrected chi connectivity index (χ0v) is 42.0. The molecule has 5 unspecified atom stereocenters. The van der Waals surface area contributed by atoms with Crippen LogP contribution in [0.25, 0.3) is 0 Å². The summed E-state index contributed by atoms with van der Waals surface area (Å²) in [6.07, 6.45) is 28.3. The van der Waals surface area contributed by atoms with Crippen molar-refractivity contribution in [1.82, 2.24) is 0 Å². The first-order chi connectivity index (χ1) is 32.5. The molecule has 1 rings (SSSR count). The molecule has 0 amide bonds. The molecule has 390 valence electrons. The third kappa shape index (κ3) is 32.8. The maximum absolute atomic E-state index is 13.0. The number of phosphoric ester groups is 2. The Morgan fingerprint density at radius 2 is 0.985 bits per heavy atom. The van der Waals surface area contributed by atoms with Gasteiger partial charge in [0.1, 0.15) is 43.2 Å². The van der Waals surface area contributed by atoms with Crippen LogP contribution in [0.1, 0.15) is 162 Å². The zero-order chi connectivity index (χ0) is 50.5. The van der Waals surface area contributed by atoms with Gasteiger partial charge in [-0.05, 0) is 83.1 Å². The van der Waals surface area contributed by atoms with E-state index in [0.717, 1.165) is 89.9 Å². The van der Waals surface area contributed by atoms with Crippen molar-refractivity contribution in [3.8, 4) is 0 Å². The van der Waals surface area contributed by atoms with E-state index >= 15 is 0 Å². The summed E-state index contributed by atoms with van der Waals surface area (Å²) in [6.45, 7) is 2.87. The highest BCUT2D eigenvalue weighted by molar-refractivity contribution is 7.47. The Kier molecular flexibility index (Phi) is 36.0. The molecule has 8 atom stereocenters. The maximum atomic E-state index is 13.0. The summed E-state index contributed by atoms with van der Waals surface area (Å²) in [5.41, 5.74) is 0. The molecular weight excluding hydrogens is 922 g/mol. The molecule has 0 spiro atoms. The number of carbonyl (C=O) groups excluding carboxylic acids is 3. The van der Waals surface area contributed by atoms with Crippen LogP contribution >= 0.6 is 15.6 Å². The average molecular weight is 1010 g/mol. The Labute approximate surface area is 404 Å². The van der Waals surface area contributed by atoms with Crippen LogP contribution in [-0.4, -0.2) is 109 Å². The van der Waals surface area contributed by atoms with Gasteiger partial charge in [-0.15, -0.1) is 0 Å². The van der Waals surface area contributed by atoms with E-state index in [-0.39, 0.29) is 18.6 Å². The second-order valence-electron chi connectivity index (χ2n) is 16.9. The first-order valence-corrected chi connectivity index (χ1v) is 27.5. The van der Waals surface area contributed by atoms with Crippen LogP contribution in [0.3, 0.4) is 0 Å². The lowest BCUT2D eigenvalue weighted by Crippen LogP contribution is -2.64. The highest BCUT2D eigenvalue weighted by atomic mass is 31.2. The predicted octanol–water partition coefficient (Wildman–Crippen LogP) is 8.80. The number of unbranched alkanes of at least 4 members (excludes halogenated alkanes) is 13. The van der Waals surface area contributed by atoms with E-state index in [1.165, 1.54) is 19.3 Å². The molecule has 1 fully saturated rings. The molecule has 17 nitrogen and oxygen atoms in total.